The third-order valence-corrected chi connectivity index (χ3v) is 11.5. The number of imidazole rings is 1. The number of nitrogens with one attached hydrogen (secondary N) is 3. The summed E-state index contributed by atoms with van der Waals surface area (Å²) in [5, 5.41) is 69.5. The first-order chi connectivity index (χ1) is 26.9. The van der Waals surface area contributed by atoms with Crippen LogP contribution in [0.15, 0.2) is 30.3 Å². The number of carboxylic acid groups (broad SMARTS) is 1. The summed E-state index contributed by atoms with van der Waals surface area (Å²) in [6.45, 7) is 7.44. The zero-order valence-corrected chi connectivity index (χ0v) is 32.4. The van der Waals surface area contributed by atoms with E-state index in [4.69, 9.17) is 9.47 Å². The van der Waals surface area contributed by atoms with Gasteiger partial charge in [0.05, 0.1) is 48.0 Å². The Morgan fingerprint density at radius 2 is 1.79 bits per heavy atom. The van der Waals surface area contributed by atoms with Crippen LogP contribution in [0.25, 0.3) is 11.0 Å². The van der Waals surface area contributed by atoms with Crippen molar-refractivity contribution in [1.29, 1.82) is 0 Å². The van der Waals surface area contributed by atoms with Crippen molar-refractivity contribution in [2.75, 3.05) is 45.9 Å². The van der Waals surface area contributed by atoms with E-state index < -0.39 is 78.5 Å². The van der Waals surface area contributed by atoms with Gasteiger partial charge in [-0.2, -0.15) is 0 Å². The molecule has 8 atom stereocenters. The fourth-order valence-corrected chi connectivity index (χ4v) is 8.27. The van der Waals surface area contributed by atoms with E-state index in [1.54, 1.807) is 43.9 Å². The van der Waals surface area contributed by atoms with Gasteiger partial charge in [-0.1, -0.05) is 0 Å². The molecule has 0 bridgehead atoms. The molecule has 9 N–H and O–H groups in total. The first-order valence-electron chi connectivity index (χ1n) is 19.0. The number of phenols is 1. The van der Waals surface area contributed by atoms with Crippen LogP contribution in [-0.2, 0) is 19.1 Å². The highest BCUT2D eigenvalue weighted by atomic mass is 16.6. The number of carbonyl (C=O) groups is 4. The van der Waals surface area contributed by atoms with Gasteiger partial charge in [-0.25, -0.2) is 9.78 Å². The number of hydrogen-bond donors (Lipinski definition) is 9. The van der Waals surface area contributed by atoms with Crippen molar-refractivity contribution in [1.82, 2.24) is 30.4 Å². The number of hydrogen-bond acceptors (Lipinski definition) is 13. The number of morpholine rings is 1. The Morgan fingerprint density at radius 1 is 1.07 bits per heavy atom. The molecule has 57 heavy (non-hydrogen) atoms. The van der Waals surface area contributed by atoms with Gasteiger partial charge < -0.3 is 60.6 Å². The van der Waals surface area contributed by atoms with Gasteiger partial charge in [0.25, 0.3) is 11.8 Å². The number of H-pyrrole nitrogens is 1. The van der Waals surface area contributed by atoms with Crippen LogP contribution >= 0.6 is 0 Å². The van der Waals surface area contributed by atoms with Gasteiger partial charge in [0.2, 0.25) is 5.91 Å². The standard InChI is InChI=1S/C39H52N6O12/c1-20-13-25(14-21(2)31(20)50)35(52)40-17-29(49)32(51)33-30(41-23(4)47)28(48)16-39(57-33,37(54)55)8-10-45-11-12-56-19-38(45)7-9-44(18-38)36(53)24-5-6-26-27(15-24)43-34(42-26)22(3)46/h5-6,13-15,22,28-30,32-33,46,48-51H,7-12,16-19H2,1-4H3,(H,40,52)(H,41,47)(H,42,43)(H,54,55)/t22?,28-,29+,30+,32+,33+,38-,39+/m0/s1. The summed E-state index contributed by atoms with van der Waals surface area (Å²) < 4.78 is 12.1. The molecule has 3 aromatic rings. The monoisotopic (exact) mass is 796 g/mol. The van der Waals surface area contributed by atoms with Crippen molar-refractivity contribution >= 4 is 34.7 Å². The Bertz CT molecular complexity index is 1980. The summed E-state index contributed by atoms with van der Waals surface area (Å²) in [7, 11) is 0. The molecule has 0 aliphatic carbocycles. The van der Waals surface area contributed by atoms with Gasteiger partial charge in [0, 0.05) is 63.6 Å². The molecule has 3 amide bonds. The summed E-state index contributed by atoms with van der Waals surface area (Å²) in [4.78, 5) is 63.2. The number of ether oxygens (including phenoxy) is 2. The number of aromatic hydroxyl groups is 1. The average molecular weight is 797 g/mol. The quantitative estimate of drug-likeness (QED) is 0.116. The van der Waals surface area contributed by atoms with Crippen LogP contribution in [0.4, 0.5) is 0 Å². The lowest BCUT2D eigenvalue weighted by atomic mass is 9.81. The molecule has 3 aliphatic rings. The molecule has 1 spiro atoms. The maximum Gasteiger partial charge on any atom is 0.336 e. The first-order valence-corrected chi connectivity index (χ1v) is 19.0. The van der Waals surface area contributed by atoms with E-state index in [9.17, 15) is 49.8 Å². The van der Waals surface area contributed by atoms with E-state index in [0.29, 0.717) is 66.2 Å². The van der Waals surface area contributed by atoms with Crippen LogP contribution in [0.1, 0.15) is 76.9 Å². The highest BCUT2D eigenvalue weighted by Gasteiger charge is 2.55. The lowest BCUT2D eigenvalue weighted by molar-refractivity contribution is -0.231. The van der Waals surface area contributed by atoms with Crippen LogP contribution in [0.2, 0.25) is 0 Å². The zero-order chi connectivity index (χ0) is 41.4. The van der Waals surface area contributed by atoms with E-state index in [-0.39, 0.29) is 36.8 Å². The van der Waals surface area contributed by atoms with Crippen molar-refractivity contribution in [2.45, 2.75) is 94.7 Å². The number of carboxylic acids is 1. The molecule has 3 fully saturated rings. The summed E-state index contributed by atoms with van der Waals surface area (Å²) in [5.41, 5.74) is 0.0735. The fraction of sp³-hybridized carbons (Fsp3) is 0.564. The molecule has 0 saturated carbocycles. The van der Waals surface area contributed by atoms with Crippen LogP contribution in [0.5, 0.6) is 5.75 Å². The minimum Gasteiger partial charge on any atom is -0.507 e. The van der Waals surface area contributed by atoms with Crippen LogP contribution in [0, 0.1) is 13.8 Å². The highest BCUT2D eigenvalue weighted by molar-refractivity contribution is 5.97. The molecular weight excluding hydrogens is 744 g/mol. The zero-order valence-electron chi connectivity index (χ0n) is 32.4. The maximum absolute atomic E-state index is 13.8. The third kappa shape index (κ3) is 8.62. The molecule has 2 aromatic carbocycles. The number of aromatic amines is 1. The van der Waals surface area contributed by atoms with Gasteiger partial charge in [0.15, 0.2) is 5.60 Å². The van der Waals surface area contributed by atoms with Gasteiger partial charge in [0.1, 0.15) is 29.9 Å². The molecular formula is C39H52N6O12. The van der Waals surface area contributed by atoms with Crippen LogP contribution in [0.3, 0.4) is 0 Å². The normalized spacial score (nSPS) is 26.9. The molecule has 3 aliphatic heterocycles. The predicted molar refractivity (Wildman–Crippen MR) is 202 cm³/mol. The summed E-state index contributed by atoms with van der Waals surface area (Å²) in [6.07, 6.45) is -7.59. The van der Waals surface area contributed by atoms with Crippen molar-refractivity contribution in [2.24, 2.45) is 0 Å². The minimum absolute atomic E-state index is 0.0402. The van der Waals surface area contributed by atoms with Crippen molar-refractivity contribution in [3.63, 3.8) is 0 Å². The topological polar surface area (TPSA) is 267 Å². The van der Waals surface area contributed by atoms with E-state index in [1.165, 1.54) is 19.1 Å². The summed E-state index contributed by atoms with van der Waals surface area (Å²) in [5.74, 6) is -2.39. The molecule has 3 saturated heterocycles. The Hall–Kier alpha value is -4.69. The number of likely N-dealkylation sites (tertiary alicyclic amines) is 1. The Labute approximate surface area is 328 Å². The van der Waals surface area contributed by atoms with Crippen molar-refractivity contribution in [3.8, 4) is 5.75 Å². The van der Waals surface area contributed by atoms with Gasteiger partial charge >= 0.3 is 5.97 Å². The highest BCUT2D eigenvalue weighted by Crippen LogP contribution is 2.38. The number of amides is 3. The van der Waals surface area contributed by atoms with E-state index in [2.05, 4.69) is 25.5 Å². The minimum atomic E-state index is -2.07. The van der Waals surface area contributed by atoms with Gasteiger partial charge in [-0.15, -0.1) is 0 Å². The second kappa shape index (κ2) is 16.7. The second-order valence-electron chi connectivity index (χ2n) is 15.6. The maximum atomic E-state index is 13.8. The number of aliphatic carboxylic acids is 1. The summed E-state index contributed by atoms with van der Waals surface area (Å²) >= 11 is 0. The molecule has 18 nitrogen and oxygen atoms in total. The Balaban J connectivity index is 1.16. The SMILES string of the molecule is CC(=O)N[C@H]1[C@H]([C@H](O)[C@H](O)CNC(=O)c2cc(C)c(O)c(C)c2)O[C@@](CCN2CCOC[C@@]23CCN(C(=O)c2ccc4nc(C(C)O)[nH]c4c2)C3)(C(=O)O)C[C@@H]1O. The average Bonchev–Trinajstić information content (AvgIpc) is 3.80. The second-order valence-corrected chi connectivity index (χ2v) is 15.6. The number of phenolic OH excluding ortho intramolecular Hbond substituents is 1. The molecule has 1 unspecified atom stereocenters. The van der Waals surface area contributed by atoms with E-state index in [1.807, 2.05) is 0 Å². The largest absolute Gasteiger partial charge is 0.507 e. The lowest BCUT2D eigenvalue weighted by Crippen LogP contribution is -2.68. The molecule has 310 valence electrons. The first kappa shape index (κ1) is 41.9. The number of nitrogens with zero attached hydrogens (tertiary/aromatic N) is 3. The molecule has 6 rings (SSSR count). The Kier molecular flexibility index (Phi) is 12.3. The molecule has 4 heterocycles. The fourth-order valence-electron chi connectivity index (χ4n) is 8.27. The number of aryl methyl sites for hydroxylation is 2. The van der Waals surface area contributed by atoms with Crippen LogP contribution in [-0.4, -0.2) is 162 Å². The van der Waals surface area contributed by atoms with Gasteiger partial charge in [-0.3, -0.25) is 19.3 Å². The molecule has 18 heteroatoms. The number of benzene rings is 2. The number of aromatic nitrogens is 2. The van der Waals surface area contributed by atoms with Crippen molar-refractivity contribution in [3.05, 3.63) is 58.4 Å². The number of aliphatic hydroxyl groups is 4. The van der Waals surface area contributed by atoms with E-state index >= 15 is 0 Å². The number of carbonyl (C=O) groups excluding carboxylic acids is 3. The molecule has 1 aromatic heterocycles. The number of fused-ring (bicyclic) bond motifs is 1. The van der Waals surface area contributed by atoms with Crippen LogP contribution < -0.4 is 10.6 Å². The third-order valence-electron chi connectivity index (χ3n) is 11.5. The van der Waals surface area contributed by atoms with Gasteiger partial charge in [-0.05, 0) is 68.7 Å². The Morgan fingerprint density at radius 3 is 2.46 bits per heavy atom. The number of aliphatic hydroxyl groups excluding tert-OH is 4. The smallest absolute Gasteiger partial charge is 0.336 e. The number of rotatable bonds is 12. The van der Waals surface area contributed by atoms with E-state index in [0.717, 1.165) is 0 Å². The van der Waals surface area contributed by atoms with Crippen molar-refractivity contribution < 1.29 is 59.3 Å². The molecule has 0 radical (unpaired) electrons. The summed E-state index contributed by atoms with van der Waals surface area (Å²) in [6, 6.07) is 6.71. The lowest BCUT2D eigenvalue weighted by Gasteiger charge is -2.49. The predicted octanol–water partition coefficient (Wildman–Crippen LogP) is -0.125.